The number of hydrogen-bond donors (Lipinski definition) is 9. The maximum atomic E-state index is 11.8. The molecule has 175 valence electrons. The Morgan fingerprint density at radius 2 is 1.30 bits per heavy atom. The third-order valence-corrected chi connectivity index (χ3v) is 4.00. The van der Waals surface area contributed by atoms with Crippen molar-refractivity contribution in [1.82, 2.24) is 21.3 Å². The van der Waals surface area contributed by atoms with Gasteiger partial charge in [-0.15, -0.1) is 0 Å². The van der Waals surface area contributed by atoms with Gasteiger partial charge in [0.25, 0.3) is 0 Å². The van der Waals surface area contributed by atoms with Crippen LogP contribution >= 0.6 is 12.6 Å². The van der Waals surface area contributed by atoms with Gasteiger partial charge >= 0.3 is 0 Å². The van der Waals surface area contributed by atoms with Crippen molar-refractivity contribution in [3.05, 3.63) is 0 Å². The van der Waals surface area contributed by atoms with E-state index >= 15 is 0 Å². The molecule has 0 saturated carbocycles. The molecule has 14 nitrogen and oxygen atoms in total. The van der Waals surface area contributed by atoms with Crippen LogP contribution in [-0.2, 0) is 49.5 Å². The molecule has 0 aromatic heterocycles. The Labute approximate surface area is 190 Å². The molecule has 0 aliphatic carbocycles. The van der Waals surface area contributed by atoms with Gasteiger partial charge in [0.2, 0.25) is 23.6 Å². The molecule has 1 heterocycles. The van der Waals surface area contributed by atoms with Crippen LogP contribution in [0, 0.1) is 0 Å². The van der Waals surface area contributed by atoms with Crippen LogP contribution in [-0.4, -0.2) is 107 Å². The Bertz CT molecular complexity index is 587. The number of hydrogen-bond acceptors (Lipinski definition) is 10. The molecule has 5 atom stereocenters. The predicted molar refractivity (Wildman–Crippen MR) is 95.5 cm³/mol. The molecule has 0 bridgehead atoms. The van der Waals surface area contributed by atoms with Crippen molar-refractivity contribution in [3.63, 3.8) is 0 Å². The van der Waals surface area contributed by atoms with Crippen LogP contribution in [0.2, 0.25) is 0 Å². The summed E-state index contributed by atoms with van der Waals surface area (Å²) in [6, 6.07) is -1.38. The van der Waals surface area contributed by atoms with Gasteiger partial charge < -0.3 is 51.9 Å². The van der Waals surface area contributed by atoms with E-state index in [1.54, 1.807) is 0 Å². The van der Waals surface area contributed by atoms with E-state index in [1.807, 2.05) is 0 Å². The fourth-order valence-electron chi connectivity index (χ4n) is 2.21. The Balaban J connectivity index is 0. The van der Waals surface area contributed by atoms with E-state index in [-0.39, 0.29) is 37.9 Å². The third-order valence-electron chi connectivity index (χ3n) is 3.71. The fourth-order valence-corrected chi connectivity index (χ4v) is 2.32. The summed E-state index contributed by atoms with van der Waals surface area (Å²) in [5.74, 6) is -2.66. The van der Waals surface area contributed by atoms with Gasteiger partial charge in [-0.05, 0) is 0 Å². The minimum Gasteiger partial charge on any atom is -2.00 e. The molecular formula is C14H24N4O10STc-2. The molecular weight excluding hydrogens is 515 g/mol. The number of amides is 4. The van der Waals surface area contributed by atoms with Gasteiger partial charge in [-0.3, -0.25) is 19.2 Å². The van der Waals surface area contributed by atoms with Crippen molar-refractivity contribution in [2.75, 3.05) is 32.0 Å². The molecule has 1 aliphatic rings. The number of ether oxygens (including phenoxy) is 1. The SMILES string of the molecule is O=C(CS)NCC(=O)NCC(=O)NCC(=O)N[C@@H]1[C@@H](O)[C@H](O)[C@@H](CO)O[C@H]1O.[99Tc].[O-2]. The summed E-state index contributed by atoms with van der Waals surface area (Å²) < 4.78 is 4.88. The monoisotopic (exact) mass is 539 g/mol. The summed E-state index contributed by atoms with van der Waals surface area (Å²) in [4.78, 5) is 45.8. The van der Waals surface area contributed by atoms with Gasteiger partial charge in [0.15, 0.2) is 6.29 Å². The van der Waals surface area contributed by atoms with E-state index < -0.39 is 74.0 Å². The molecule has 0 aromatic rings. The molecule has 0 unspecified atom stereocenters. The molecule has 1 saturated heterocycles. The van der Waals surface area contributed by atoms with E-state index in [9.17, 15) is 34.5 Å². The van der Waals surface area contributed by atoms with Crippen LogP contribution in [0.15, 0.2) is 0 Å². The van der Waals surface area contributed by atoms with E-state index in [2.05, 4.69) is 33.9 Å². The second kappa shape index (κ2) is 15.4. The summed E-state index contributed by atoms with van der Waals surface area (Å²) >= 11 is 3.71. The van der Waals surface area contributed by atoms with Crippen molar-refractivity contribution < 1.29 is 69.9 Å². The van der Waals surface area contributed by atoms with Gasteiger partial charge in [-0.1, -0.05) is 0 Å². The molecule has 8 N–H and O–H groups in total. The van der Waals surface area contributed by atoms with Gasteiger partial charge in [-0.25, -0.2) is 0 Å². The fraction of sp³-hybridized carbons (Fsp3) is 0.714. The average Bonchev–Trinajstić information content (AvgIpc) is 2.68. The number of rotatable bonds is 9. The number of aliphatic hydroxyl groups is 4. The van der Waals surface area contributed by atoms with Crippen LogP contribution in [0.3, 0.4) is 0 Å². The van der Waals surface area contributed by atoms with Crippen LogP contribution in [0.5, 0.6) is 0 Å². The normalized spacial score (nSPS) is 25.0. The van der Waals surface area contributed by atoms with Crippen molar-refractivity contribution in [2.24, 2.45) is 0 Å². The average molecular weight is 539 g/mol. The Kier molecular flexibility index (Phi) is 15.9. The zero-order chi connectivity index (χ0) is 21.3. The van der Waals surface area contributed by atoms with Crippen molar-refractivity contribution >= 4 is 36.3 Å². The van der Waals surface area contributed by atoms with Gasteiger partial charge in [-0.2, -0.15) is 12.6 Å². The van der Waals surface area contributed by atoms with Crippen LogP contribution in [0.4, 0.5) is 0 Å². The zero-order valence-electron chi connectivity index (χ0n) is 15.5. The first-order valence-corrected chi connectivity index (χ1v) is 8.83. The second-order valence-electron chi connectivity index (χ2n) is 5.81. The summed E-state index contributed by atoms with van der Waals surface area (Å²) in [6.07, 6.45) is -6.03. The molecule has 1 rings (SSSR count). The first-order chi connectivity index (χ1) is 13.2. The molecule has 1 fully saturated rings. The molecule has 30 heavy (non-hydrogen) atoms. The number of thiol groups is 1. The minimum absolute atomic E-state index is 0. The minimum atomic E-state index is -1.68. The molecule has 0 aromatic carbocycles. The molecule has 1 radical (unpaired) electrons. The summed E-state index contributed by atoms with van der Waals surface area (Å²) in [6.45, 7) is -1.96. The number of carbonyl (C=O) groups excluding carboxylic acids is 4. The van der Waals surface area contributed by atoms with Crippen molar-refractivity contribution in [3.8, 4) is 0 Å². The molecule has 16 heteroatoms. The molecule has 1 aliphatic heterocycles. The number of aliphatic hydroxyl groups excluding tert-OH is 4. The predicted octanol–water partition coefficient (Wildman–Crippen LogP) is -5.94. The van der Waals surface area contributed by atoms with Gasteiger partial charge in [0.05, 0.1) is 32.0 Å². The van der Waals surface area contributed by atoms with Crippen LogP contribution < -0.4 is 21.3 Å². The van der Waals surface area contributed by atoms with Gasteiger partial charge in [0.1, 0.15) is 24.4 Å². The second-order valence-corrected chi connectivity index (χ2v) is 6.13. The maximum absolute atomic E-state index is 11.8. The Morgan fingerprint density at radius 1 is 0.833 bits per heavy atom. The zero-order valence-corrected chi connectivity index (χ0v) is 18.2. The number of nitrogens with one attached hydrogen (secondary N) is 4. The molecule has 4 amide bonds. The topological polar surface area (TPSA) is 235 Å². The Hall–Kier alpha value is -1.36. The largest absolute Gasteiger partial charge is 2.00 e. The van der Waals surface area contributed by atoms with E-state index in [1.165, 1.54) is 0 Å². The maximum Gasteiger partial charge on any atom is 0.239 e. The van der Waals surface area contributed by atoms with Gasteiger partial charge in [0, 0.05) is 20.1 Å². The van der Waals surface area contributed by atoms with Crippen molar-refractivity contribution in [2.45, 2.75) is 30.6 Å². The van der Waals surface area contributed by atoms with Crippen LogP contribution in [0.25, 0.3) is 0 Å². The molecule has 0 spiro atoms. The first kappa shape index (κ1) is 30.8. The summed E-state index contributed by atoms with van der Waals surface area (Å²) in [5, 5.41) is 47.2. The Morgan fingerprint density at radius 3 is 1.77 bits per heavy atom. The smallest absolute Gasteiger partial charge is 0.239 e. The van der Waals surface area contributed by atoms with Crippen LogP contribution in [0.1, 0.15) is 0 Å². The summed E-state index contributed by atoms with van der Waals surface area (Å²) in [7, 11) is 0. The van der Waals surface area contributed by atoms with Crippen molar-refractivity contribution in [1.29, 1.82) is 0 Å². The first-order valence-electron chi connectivity index (χ1n) is 8.20. The van der Waals surface area contributed by atoms with E-state index in [4.69, 9.17) is 9.84 Å². The van der Waals surface area contributed by atoms with E-state index in [0.717, 1.165) is 0 Å². The quantitative estimate of drug-likeness (QED) is 0.127. The number of carbonyl (C=O) groups is 4. The third kappa shape index (κ3) is 10.1. The van der Waals surface area contributed by atoms with E-state index in [0.29, 0.717) is 0 Å². The standard InChI is InChI=1S/C14H24N4O9S.O.Tc/c19-4-6-12(24)13(25)11(14(26)27-6)18-9(22)3-16-7(20)1-15-8(21)2-17-10(23)5-28;;/h6,11-14,19,24-26,28H,1-5H2,(H,15,21)(H,16,20)(H,17,23)(H,18,22);;/q;-2;/t6-,11-,12-,13-,14-;;/m1../s1/i;;1+1. The summed E-state index contributed by atoms with van der Waals surface area (Å²) in [5.41, 5.74) is 0.